The molecule has 0 saturated heterocycles. The van der Waals surface area contributed by atoms with Crippen LogP contribution in [0.5, 0.6) is 0 Å². The Kier molecular flexibility index (Phi) is 5.75. The number of hydrogen-bond acceptors (Lipinski definition) is 3. The number of amides is 1. The fourth-order valence-corrected chi connectivity index (χ4v) is 2.05. The first-order chi connectivity index (χ1) is 8.82. The highest BCUT2D eigenvalue weighted by Crippen LogP contribution is 2.20. The molecule has 5 nitrogen and oxygen atoms in total. The number of aromatic nitrogens is 1. The number of halogens is 2. The van der Waals surface area contributed by atoms with Crippen LogP contribution >= 0.6 is 27.5 Å². The van der Waals surface area contributed by atoms with E-state index in [1.54, 1.807) is 6.07 Å². The SMILES string of the molecule is CC(C)N(CCC(=O)O)C(=O)c1cc(Br)cnc1Cl. The lowest BCUT2D eigenvalue weighted by Crippen LogP contribution is -2.38. The van der Waals surface area contributed by atoms with Crippen molar-refractivity contribution in [2.24, 2.45) is 0 Å². The molecule has 0 aliphatic rings. The van der Waals surface area contributed by atoms with Gasteiger partial charge < -0.3 is 10.0 Å². The van der Waals surface area contributed by atoms with E-state index in [4.69, 9.17) is 16.7 Å². The fraction of sp³-hybridized carbons (Fsp3) is 0.417. The lowest BCUT2D eigenvalue weighted by molar-refractivity contribution is -0.137. The molecular weight excluding hydrogens is 336 g/mol. The second kappa shape index (κ2) is 6.86. The number of carbonyl (C=O) groups excluding carboxylic acids is 1. The predicted molar refractivity (Wildman–Crippen MR) is 75.4 cm³/mol. The Hall–Kier alpha value is -1.14. The number of carbonyl (C=O) groups is 2. The summed E-state index contributed by atoms with van der Waals surface area (Å²) in [6, 6.07) is 1.45. The Morgan fingerprint density at radius 2 is 2.16 bits per heavy atom. The van der Waals surface area contributed by atoms with Gasteiger partial charge in [-0.25, -0.2) is 4.98 Å². The standard InChI is InChI=1S/C12H14BrClN2O3/c1-7(2)16(4-3-10(17)18)12(19)9-5-8(13)6-15-11(9)14/h5-7H,3-4H2,1-2H3,(H,17,18). The van der Waals surface area contributed by atoms with Crippen LogP contribution < -0.4 is 0 Å². The Balaban J connectivity index is 2.99. The molecule has 0 fully saturated rings. The van der Waals surface area contributed by atoms with Gasteiger partial charge in [0.1, 0.15) is 5.15 Å². The van der Waals surface area contributed by atoms with Gasteiger partial charge in [-0.05, 0) is 35.8 Å². The fourth-order valence-electron chi connectivity index (χ4n) is 1.54. The Morgan fingerprint density at radius 3 is 2.68 bits per heavy atom. The van der Waals surface area contributed by atoms with Gasteiger partial charge >= 0.3 is 5.97 Å². The molecule has 1 aromatic heterocycles. The summed E-state index contributed by atoms with van der Waals surface area (Å²) < 4.78 is 0.641. The van der Waals surface area contributed by atoms with Crippen molar-refractivity contribution in [3.8, 4) is 0 Å². The zero-order valence-electron chi connectivity index (χ0n) is 10.6. The number of nitrogens with zero attached hydrogens (tertiary/aromatic N) is 2. The molecular formula is C12H14BrClN2O3. The smallest absolute Gasteiger partial charge is 0.305 e. The third-order valence-electron chi connectivity index (χ3n) is 2.49. The summed E-state index contributed by atoms with van der Waals surface area (Å²) in [5.41, 5.74) is 0.259. The molecule has 19 heavy (non-hydrogen) atoms. The van der Waals surface area contributed by atoms with Crippen molar-refractivity contribution in [3.63, 3.8) is 0 Å². The van der Waals surface area contributed by atoms with Crippen LogP contribution in [0.25, 0.3) is 0 Å². The van der Waals surface area contributed by atoms with Gasteiger partial charge in [-0.1, -0.05) is 11.6 Å². The van der Waals surface area contributed by atoms with Gasteiger partial charge in [0.25, 0.3) is 5.91 Å². The maximum absolute atomic E-state index is 12.4. The molecule has 0 bridgehead atoms. The van der Waals surface area contributed by atoms with Crippen molar-refractivity contribution in [1.29, 1.82) is 0 Å². The van der Waals surface area contributed by atoms with Gasteiger partial charge in [-0.3, -0.25) is 9.59 Å². The minimum Gasteiger partial charge on any atom is -0.481 e. The molecule has 0 radical (unpaired) electrons. The molecule has 0 unspecified atom stereocenters. The molecule has 1 rings (SSSR count). The van der Waals surface area contributed by atoms with Gasteiger partial charge in [0.15, 0.2) is 0 Å². The number of carboxylic acid groups (broad SMARTS) is 1. The topological polar surface area (TPSA) is 70.5 Å². The number of aliphatic carboxylic acids is 1. The Morgan fingerprint density at radius 1 is 1.53 bits per heavy atom. The highest BCUT2D eigenvalue weighted by Gasteiger charge is 2.22. The van der Waals surface area contributed by atoms with Crippen LogP contribution in [0, 0.1) is 0 Å². The van der Waals surface area contributed by atoms with Crippen molar-refractivity contribution in [2.75, 3.05) is 6.54 Å². The summed E-state index contributed by atoms with van der Waals surface area (Å²) in [6.07, 6.45) is 1.39. The van der Waals surface area contributed by atoms with Crippen LogP contribution in [0.15, 0.2) is 16.7 Å². The molecule has 0 aromatic carbocycles. The number of pyridine rings is 1. The van der Waals surface area contributed by atoms with Crippen molar-refractivity contribution in [1.82, 2.24) is 9.88 Å². The summed E-state index contributed by atoms with van der Waals surface area (Å²) in [5, 5.41) is 8.82. The van der Waals surface area contributed by atoms with E-state index in [2.05, 4.69) is 20.9 Å². The highest BCUT2D eigenvalue weighted by atomic mass is 79.9. The van der Waals surface area contributed by atoms with E-state index in [9.17, 15) is 9.59 Å². The zero-order chi connectivity index (χ0) is 14.6. The second-order valence-corrected chi connectivity index (χ2v) is 5.50. The Labute approximate surface area is 124 Å². The van der Waals surface area contributed by atoms with Crippen molar-refractivity contribution < 1.29 is 14.7 Å². The van der Waals surface area contributed by atoms with E-state index in [-0.39, 0.29) is 35.6 Å². The van der Waals surface area contributed by atoms with Crippen molar-refractivity contribution in [3.05, 3.63) is 27.5 Å². The lowest BCUT2D eigenvalue weighted by atomic mass is 10.2. The van der Waals surface area contributed by atoms with E-state index in [0.717, 1.165) is 0 Å². The van der Waals surface area contributed by atoms with Crippen LogP contribution in [-0.4, -0.2) is 39.5 Å². The normalized spacial score (nSPS) is 10.6. The van der Waals surface area contributed by atoms with Gasteiger partial charge in [-0.2, -0.15) is 0 Å². The first kappa shape index (κ1) is 15.9. The van der Waals surface area contributed by atoms with Gasteiger partial charge in [-0.15, -0.1) is 0 Å². The van der Waals surface area contributed by atoms with Crippen LogP contribution in [0.4, 0.5) is 0 Å². The van der Waals surface area contributed by atoms with E-state index in [0.29, 0.717) is 4.47 Å². The highest BCUT2D eigenvalue weighted by molar-refractivity contribution is 9.10. The van der Waals surface area contributed by atoms with E-state index in [1.807, 2.05) is 13.8 Å². The predicted octanol–water partition coefficient (Wildman–Crippen LogP) is 2.82. The first-order valence-electron chi connectivity index (χ1n) is 5.66. The van der Waals surface area contributed by atoms with Crippen LogP contribution in [0.3, 0.4) is 0 Å². The largest absolute Gasteiger partial charge is 0.481 e. The van der Waals surface area contributed by atoms with Gasteiger partial charge in [0.2, 0.25) is 0 Å². The first-order valence-corrected chi connectivity index (χ1v) is 6.83. The monoisotopic (exact) mass is 348 g/mol. The summed E-state index contributed by atoms with van der Waals surface area (Å²) in [6.45, 7) is 3.77. The van der Waals surface area contributed by atoms with Crippen LogP contribution in [-0.2, 0) is 4.79 Å². The maximum Gasteiger partial charge on any atom is 0.305 e. The summed E-state index contributed by atoms with van der Waals surface area (Å²) >= 11 is 9.13. The minimum absolute atomic E-state index is 0.106. The Bertz CT molecular complexity index is 494. The number of hydrogen-bond donors (Lipinski definition) is 1. The lowest BCUT2D eigenvalue weighted by Gasteiger charge is -2.26. The molecule has 1 amide bonds. The molecule has 0 aliphatic heterocycles. The third kappa shape index (κ3) is 4.47. The maximum atomic E-state index is 12.4. The molecule has 1 heterocycles. The summed E-state index contributed by atoms with van der Waals surface area (Å²) in [4.78, 5) is 28.3. The quantitative estimate of drug-likeness (QED) is 0.830. The molecule has 104 valence electrons. The summed E-state index contributed by atoms with van der Waals surface area (Å²) in [5.74, 6) is -1.27. The average Bonchev–Trinajstić information content (AvgIpc) is 2.31. The zero-order valence-corrected chi connectivity index (χ0v) is 12.9. The molecule has 0 saturated carbocycles. The van der Waals surface area contributed by atoms with E-state index >= 15 is 0 Å². The summed E-state index contributed by atoms with van der Waals surface area (Å²) in [7, 11) is 0. The van der Waals surface area contributed by atoms with Crippen LogP contribution in [0.1, 0.15) is 30.6 Å². The molecule has 1 N–H and O–H groups in total. The minimum atomic E-state index is -0.947. The second-order valence-electron chi connectivity index (χ2n) is 4.23. The molecule has 7 heteroatoms. The third-order valence-corrected chi connectivity index (χ3v) is 3.22. The van der Waals surface area contributed by atoms with Crippen molar-refractivity contribution in [2.45, 2.75) is 26.3 Å². The van der Waals surface area contributed by atoms with Gasteiger partial charge in [0.05, 0.1) is 12.0 Å². The van der Waals surface area contributed by atoms with Crippen molar-refractivity contribution >= 4 is 39.4 Å². The number of carboxylic acids is 1. The van der Waals surface area contributed by atoms with E-state index < -0.39 is 5.97 Å². The van der Waals surface area contributed by atoms with E-state index in [1.165, 1.54) is 11.1 Å². The number of rotatable bonds is 5. The molecule has 1 aromatic rings. The molecule has 0 atom stereocenters. The van der Waals surface area contributed by atoms with Crippen LogP contribution in [0.2, 0.25) is 5.15 Å². The average molecular weight is 350 g/mol. The van der Waals surface area contributed by atoms with Gasteiger partial charge in [0, 0.05) is 23.3 Å². The molecule has 0 aliphatic carbocycles. The molecule has 0 spiro atoms.